The summed E-state index contributed by atoms with van der Waals surface area (Å²) in [6.45, 7) is 1.48. The van der Waals surface area contributed by atoms with Crippen LogP contribution >= 0.6 is 0 Å². The van der Waals surface area contributed by atoms with Gasteiger partial charge in [-0.05, 0) is 45.1 Å². The average Bonchev–Trinajstić information content (AvgIpc) is 2.75. The van der Waals surface area contributed by atoms with E-state index in [0.29, 0.717) is 19.0 Å². The van der Waals surface area contributed by atoms with E-state index in [1.807, 2.05) is 0 Å². The van der Waals surface area contributed by atoms with Crippen molar-refractivity contribution in [1.29, 1.82) is 0 Å². The van der Waals surface area contributed by atoms with Crippen LogP contribution in [0.3, 0.4) is 0 Å². The maximum absolute atomic E-state index is 12.0. The molecule has 0 amide bonds. The van der Waals surface area contributed by atoms with E-state index >= 15 is 0 Å². The zero-order valence-corrected chi connectivity index (χ0v) is 11.4. The quantitative estimate of drug-likeness (QED) is 0.773. The van der Waals surface area contributed by atoms with Crippen LogP contribution in [0.5, 0.6) is 0 Å². The topological polar surface area (TPSA) is 21.3 Å². The highest BCUT2D eigenvalue weighted by Gasteiger charge is 2.39. The Morgan fingerprint density at radius 3 is 2.58 bits per heavy atom. The van der Waals surface area contributed by atoms with E-state index in [9.17, 15) is 13.2 Å². The average molecular weight is 279 g/mol. The number of hydrogen-bond acceptors (Lipinski definition) is 2. The van der Waals surface area contributed by atoms with Crippen LogP contribution in [0.25, 0.3) is 0 Å². The van der Waals surface area contributed by atoms with Crippen LogP contribution < -0.4 is 5.32 Å². The highest BCUT2D eigenvalue weighted by molar-refractivity contribution is 4.93. The van der Waals surface area contributed by atoms with E-state index < -0.39 is 12.6 Å². The second-order valence-electron chi connectivity index (χ2n) is 5.95. The molecular weight excluding hydrogens is 255 g/mol. The Morgan fingerprint density at radius 2 is 1.89 bits per heavy atom. The Labute approximate surface area is 113 Å². The maximum Gasteiger partial charge on any atom is 0.389 e. The van der Waals surface area contributed by atoms with E-state index in [0.717, 1.165) is 32.3 Å². The summed E-state index contributed by atoms with van der Waals surface area (Å²) in [7, 11) is 0. The smallest absolute Gasteiger partial charge is 0.375 e. The molecular formula is C14H24F3NO. The summed E-state index contributed by atoms with van der Waals surface area (Å²) in [5, 5.41) is 3.41. The molecule has 19 heavy (non-hydrogen) atoms. The van der Waals surface area contributed by atoms with Crippen LogP contribution in [0.4, 0.5) is 13.2 Å². The van der Waals surface area contributed by atoms with Crippen LogP contribution in [-0.2, 0) is 4.74 Å². The third-order valence-electron chi connectivity index (χ3n) is 4.33. The molecule has 2 fully saturated rings. The number of hydrogen-bond donors (Lipinski definition) is 1. The first kappa shape index (κ1) is 15.1. The predicted molar refractivity (Wildman–Crippen MR) is 68.1 cm³/mol. The molecule has 1 aliphatic carbocycles. The Hall–Kier alpha value is -0.290. The zero-order valence-electron chi connectivity index (χ0n) is 11.4. The fraction of sp³-hybridized carbons (Fsp3) is 1.00. The molecule has 0 radical (unpaired) electrons. The van der Waals surface area contributed by atoms with Crippen LogP contribution in [0.1, 0.15) is 57.8 Å². The first-order valence-corrected chi connectivity index (χ1v) is 7.43. The van der Waals surface area contributed by atoms with Gasteiger partial charge >= 0.3 is 6.18 Å². The summed E-state index contributed by atoms with van der Waals surface area (Å²) < 4.78 is 41.9. The molecule has 1 heterocycles. The first-order valence-electron chi connectivity index (χ1n) is 7.43. The standard InChI is InChI=1S/C14H24F3NO/c15-14(16,17)8-3-4-9-18-12-5-10-19-13(11-12)6-1-2-7-13/h12,18H,1-11H2. The van der Waals surface area contributed by atoms with Crippen molar-refractivity contribution in [2.45, 2.75) is 75.6 Å². The highest BCUT2D eigenvalue weighted by atomic mass is 19.4. The molecule has 1 aliphatic heterocycles. The van der Waals surface area contributed by atoms with Crippen molar-refractivity contribution in [3.8, 4) is 0 Å². The fourth-order valence-electron chi connectivity index (χ4n) is 3.33. The molecule has 2 aliphatic rings. The summed E-state index contributed by atoms with van der Waals surface area (Å²) in [5.41, 5.74) is 0.0852. The van der Waals surface area contributed by atoms with Gasteiger partial charge in [0.05, 0.1) is 5.60 Å². The van der Waals surface area contributed by atoms with Crippen molar-refractivity contribution in [3.05, 3.63) is 0 Å². The molecule has 1 atom stereocenters. The summed E-state index contributed by atoms with van der Waals surface area (Å²) in [5.74, 6) is 0. The summed E-state index contributed by atoms with van der Waals surface area (Å²) in [4.78, 5) is 0. The van der Waals surface area contributed by atoms with E-state index in [1.165, 1.54) is 12.8 Å². The molecule has 1 spiro atoms. The molecule has 0 bridgehead atoms. The van der Waals surface area contributed by atoms with Crippen LogP contribution in [0.2, 0.25) is 0 Å². The second-order valence-corrected chi connectivity index (χ2v) is 5.95. The Balaban J connectivity index is 1.61. The Kier molecular flexibility index (Phi) is 5.12. The number of rotatable bonds is 5. The third-order valence-corrected chi connectivity index (χ3v) is 4.33. The number of alkyl halides is 3. The van der Waals surface area contributed by atoms with Gasteiger partial charge in [-0.25, -0.2) is 0 Å². The Bertz CT molecular complexity index is 274. The van der Waals surface area contributed by atoms with Gasteiger partial charge in [0.15, 0.2) is 0 Å². The number of ether oxygens (including phenoxy) is 1. The van der Waals surface area contributed by atoms with E-state index in [2.05, 4.69) is 5.32 Å². The molecule has 2 nitrogen and oxygen atoms in total. The van der Waals surface area contributed by atoms with Gasteiger partial charge in [-0.15, -0.1) is 0 Å². The monoisotopic (exact) mass is 279 g/mol. The lowest BCUT2D eigenvalue weighted by atomic mass is 9.89. The second kappa shape index (κ2) is 6.44. The summed E-state index contributed by atoms with van der Waals surface area (Å²) in [6, 6.07) is 0.428. The first-order chi connectivity index (χ1) is 8.99. The van der Waals surface area contributed by atoms with Gasteiger partial charge in [-0.3, -0.25) is 0 Å². The van der Waals surface area contributed by atoms with Gasteiger partial charge in [-0.1, -0.05) is 12.8 Å². The van der Waals surface area contributed by atoms with Crippen molar-refractivity contribution in [1.82, 2.24) is 5.32 Å². The normalized spacial score (nSPS) is 27.0. The van der Waals surface area contributed by atoms with Crippen molar-refractivity contribution >= 4 is 0 Å². The van der Waals surface area contributed by atoms with Crippen molar-refractivity contribution in [2.24, 2.45) is 0 Å². The molecule has 112 valence electrons. The lowest BCUT2D eigenvalue weighted by molar-refractivity contribution is -0.135. The molecule has 0 aromatic carbocycles. The molecule has 1 saturated heterocycles. The van der Waals surface area contributed by atoms with Crippen molar-refractivity contribution < 1.29 is 17.9 Å². The van der Waals surface area contributed by atoms with Crippen LogP contribution in [0, 0.1) is 0 Å². The largest absolute Gasteiger partial charge is 0.389 e. The molecule has 1 N–H and O–H groups in total. The summed E-state index contributed by atoms with van der Waals surface area (Å²) in [6.07, 6.45) is 2.98. The predicted octanol–water partition coefficient (Wildman–Crippen LogP) is 3.80. The zero-order chi connectivity index (χ0) is 13.8. The van der Waals surface area contributed by atoms with Crippen molar-refractivity contribution in [3.63, 3.8) is 0 Å². The number of halogens is 3. The maximum atomic E-state index is 12.0. The van der Waals surface area contributed by atoms with Gasteiger partial charge in [0.25, 0.3) is 0 Å². The highest BCUT2D eigenvalue weighted by Crippen LogP contribution is 2.39. The number of nitrogens with one attached hydrogen (secondary N) is 1. The van der Waals surface area contributed by atoms with E-state index in [4.69, 9.17) is 4.74 Å². The molecule has 5 heteroatoms. The summed E-state index contributed by atoms with van der Waals surface area (Å²) >= 11 is 0. The number of unbranched alkanes of at least 4 members (excludes halogenated alkanes) is 1. The van der Waals surface area contributed by atoms with Gasteiger partial charge in [0, 0.05) is 19.1 Å². The molecule has 1 unspecified atom stereocenters. The van der Waals surface area contributed by atoms with Crippen LogP contribution in [-0.4, -0.2) is 31.0 Å². The fourth-order valence-corrected chi connectivity index (χ4v) is 3.33. The van der Waals surface area contributed by atoms with Gasteiger partial charge in [-0.2, -0.15) is 13.2 Å². The molecule has 1 saturated carbocycles. The van der Waals surface area contributed by atoms with Gasteiger partial charge < -0.3 is 10.1 Å². The lowest BCUT2D eigenvalue weighted by Crippen LogP contribution is -2.45. The van der Waals surface area contributed by atoms with Crippen molar-refractivity contribution in [2.75, 3.05) is 13.2 Å². The van der Waals surface area contributed by atoms with E-state index in [1.54, 1.807) is 0 Å². The minimum absolute atomic E-state index is 0.0852. The minimum atomic E-state index is -4.01. The molecule has 0 aromatic heterocycles. The molecule has 0 aromatic rings. The Morgan fingerprint density at radius 1 is 1.16 bits per heavy atom. The third kappa shape index (κ3) is 4.95. The SMILES string of the molecule is FC(F)(F)CCCCNC1CCOC2(CCCC2)C1. The lowest BCUT2D eigenvalue weighted by Gasteiger charge is -2.38. The van der Waals surface area contributed by atoms with Gasteiger partial charge in [0.1, 0.15) is 0 Å². The van der Waals surface area contributed by atoms with Gasteiger partial charge in [0.2, 0.25) is 0 Å². The minimum Gasteiger partial charge on any atom is -0.375 e. The molecule has 2 rings (SSSR count). The van der Waals surface area contributed by atoms with Crippen LogP contribution in [0.15, 0.2) is 0 Å². The van der Waals surface area contributed by atoms with E-state index in [-0.39, 0.29) is 12.0 Å².